The predicted octanol–water partition coefficient (Wildman–Crippen LogP) is 3.64. The Balaban J connectivity index is 2.20. The van der Waals surface area contributed by atoms with E-state index in [0.29, 0.717) is 11.6 Å². The van der Waals surface area contributed by atoms with Crippen molar-refractivity contribution in [1.29, 1.82) is 0 Å². The topological polar surface area (TPSA) is 61.0 Å². The lowest BCUT2D eigenvalue weighted by Gasteiger charge is -2.13. The fraction of sp³-hybridized carbons (Fsp3) is 0.333. The molecule has 0 bridgehead atoms. The van der Waals surface area contributed by atoms with Crippen molar-refractivity contribution in [1.82, 2.24) is 9.97 Å². The molecule has 2 aromatic heterocycles. The van der Waals surface area contributed by atoms with Crippen LogP contribution >= 0.6 is 27.3 Å². The van der Waals surface area contributed by atoms with Crippen LogP contribution < -0.4 is 10.5 Å². The van der Waals surface area contributed by atoms with E-state index in [1.165, 1.54) is 4.88 Å². The Kier molecular flexibility index (Phi) is 3.87. The van der Waals surface area contributed by atoms with E-state index in [9.17, 15) is 0 Å². The summed E-state index contributed by atoms with van der Waals surface area (Å²) in [6.45, 7) is 6.01. The number of hydrogen-bond donors (Lipinski definition) is 1. The van der Waals surface area contributed by atoms with Gasteiger partial charge in [0.05, 0.1) is 5.69 Å². The van der Waals surface area contributed by atoms with Crippen molar-refractivity contribution in [3.8, 4) is 5.75 Å². The summed E-state index contributed by atoms with van der Waals surface area (Å²) in [6, 6.07) is 1.81. The van der Waals surface area contributed by atoms with Crippen LogP contribution in [-0.2, 0) is 0 Å². The number of anilines is 1. The Morgan fingerprint density at radius 3 is 2.78 bits per heavy atom. The first-order chi connectivity index (χ1) is 8.47. The van der Waals surface area contributed by atoms with E-state index in [0.717, 1.165) is 15.2 Å². The minimum atomic E-state index is -0.138. The van der Waals surface area contributed by atoms with Crippen LogP contribution in [0.2, 0.25) is 0 Å². The second-order valence-corrected chi connectivity index (χ2v) is 6.14. The van der Waals surface area contributed by atoms with Crippen LogP contribution in [0.15, 0.2) is 16.7 Å². The molecule has 0 fully saturated rings. The van der Waals surface area contributed by atoms with Crippen molar-refractivity contribution in [2.24, 2.45) is 0 Å². The number of nitrogen functional groups attached to an aromatic ring is 1. The molecule has 0 saturated heterocycles. The maximum atomic E-state index is 5.81. The zero-order valence-electron chi connectivity index (χ0n) is 10.4. The van der Waals surface area contributed by atoms with E-state index in [1.54, 1.807) is 17.5 Å². The SMILES string of the molecule is Cc1nc(C(C)Oc2cc(Br)cnc2N)sc1C. The summed E-state index contributed by atoms with van der Waals surface area (Å²) in [5.74, 6) is 0.956. The Morgan fingerprint density at radius 2 is 2.17 bits per heavy atom. The Morgan fingerprint density at radius 1 is 1.44 bits per heavy atom. The Labute approximate surface area is 118 Å². The second kappa shape index (κ2) is 5.24. The normalized spacial score (nSPS) is 12.4. The van der Waals surface area contributed by atoms with Crippen molar-refractivity contribution in [2.75, 3.05) is 5.73 Å². The fourth-order valence-electron chi connectivity index (χ4n) is 1.44. The van der Waals surface area contributed by atoms with Gasteiger partial charge in [0.15, 0.2) is 11.6 Å². The first-order valence-corrected chi connectivity index (χ1v) is 7.10. The number of thiazole rings is 1. The lowest BCUT2D eigenvalue weighted by atomic mass is 10.4. The van der Waals surface area contributed by atoms with Gasteiger partial charge in [0, 0.05) is 15.5 Å². The molecular formula is C12H14BrN3OS. The number of halogens is 1. The third kappa shape index (κ3) is 2.81. The number of ether oxygens (including phenoxy) is 1. The second-order valence-electron chi connectivity index (χ2n) is 3.99. The lowest BCUT2D eigenvalue weighted by molar-refractivity contribution is 0.227. The molecular weight excluding hydrogens is 314 g/mol. The molecule has 6 heteroatoms. The van der Waals surface area contributed by atoms with Crippen molar-refractivity contribution in [3.05, 3.63) is 32.3 Å². The standard InChI is InChI=1S/C12H14BrN3OS/c1-6-8(3)18-12(16-6)7(2)17-10-4-9(13)5-15-11(10)14/h4-5,7H,1-3H3,(H2,14,15). The maximum absolute atomic E-state index is 5.81. The van der Waals surface area contributed by atoms with Crippen LogP contribution in [0.3, 0.4) is 0 Å². The summed E-state index contributed by atoms with van der Waals surface area (Å²) in [7, 11) is 0. The number of hydrogen-bond acceptors (Lipinski definition) is 5. The molecule has 2 aromatic rings. The minimum Gasteiger partial charge on any atom is -0.480 e. The molecule has 0 radical (unpaired) electrons. The largest absolute Gasteiger partial charge is 0.480 e. The smallest absolute Gasteiger partial charge is 0.166 e. The van der Waals surface area contributed by atoms with Gasteiger partial charge in [-0.3, -0.25) is 0 Å². The molecule has 18 heavy (non-hydrogen) atoms. The highest BCUT2D eigenvalue weighted by atomic mass is 79.9. The average molecular weight is 328 g/mol. The van der Waals surface area contributed by atoms with Crippen LogP contribution in [0.25, 0.3) is 0 Å². The molecule has 2 N–H and O–H groups in total. The molecule has 1 atom stereocenters. The third-order valence-electron chi connectivity index (χ3n) is 2.54. The Bertz CT molecular complexity index is 551. The van der Waals surface area contributed by atoms with E-state index in [-0.39, 0.29) is 6.10 Å². The highest BCUT2D eigenvalue weighted by Gasteiger charge is 2.15. The molecule has 0 aliphatic heterocycles. The number of nitrogens with zero attached hydrogens (tertiary/aromatic N) is 2. The first kappa shape index (κ1) is 13.3. The number of rotatable bonds is 3. The minimum absolute atomic E-state index is 0.138. The summed E-state index contributed by atoms with van der Waals surface area (Å²) in [5.41, 5.74) is 6.82. The van der Waals surface area contributed by atoms with Gasteiger partial charge in [0.2, 0.25) is 0 Å². The van der Waals surface area contributed by atoms with E-state index in [1.807, 2.05) is 19.9 Å². The van der Waals surface area contributed by atoms with Crippen LogP contribution in [0.1, 0.15) is 28.6 Å². The molecule has 96 valence electrons. The molecule has 2 heterocycles. The van der Waals surface area contributed by atoms with E-state index in [4.69, 9.17) is 10.5 Å². The molecule has 0 aliphatic rings. The Hall–Kier alpha value is -1.14. The van der Waals surface area contributed by atoms with Gasteiger partial charge in [-0.05, 0) is 42.8 Å². The van der Waals surface area contributed by atoms with Crippen LogP contribution in [0.4, 0.5) is 5.82 Å². The summed E-state index contributed by atoms with van der Waals surface area (Å²) in [6.07, 6.45) is 1.51. The van der Waals surface area contributed by atoms with E-state index < -0.39 is 0 Å². The number of aryl methyl sites for hydroxylation is 2. The third-order valence-corrected chi connectivity index (χ3v) is 4.21. The van der Waals surface area contributed by atoms with Gasteiger partial charge < -0.3 is 10.5 Å². The van der Waals surface area contributed by atoms with Gasteiger partial charge in [-0.2, -0.15) is 0 Å². The first-order valence-electron chi connectivity index (χ1n) is 5.49. The number of nitrogens with two attached hydrogens (primary N) is 1. The molecule has 0 spiro atoms. The van der Waals surface area contributed by atoms with Crippen molar-refractivity contribution < 1.29 is 4.74 Å². The van der Waals surface area contributed by atoms with E-state index in [2.05, 4.69) is 32.8 Å². The van der Waals surface area contributed by atoms with Gasteiger partial charge >= 0.3 is 0 Å². The van der Waals surface area contributed by atoms with Gasteiger partial charge in [-0.15, -0.1) is 11.3 Å². The maximum Gasteiger partial charge on any atom is 0.166 e. The quantitative estimate of drug-likeness (QED) is 0.934. The lowest BCUT2D eigenvalue weighted by Crippen LogP contribution is -2.05. The molecule has 0 saturated carbocycles. The zero-order chi connectivity index (χ0) is 13.3. The van der Waals surface area contributed by atoms with Crippen molar-refractivity contribution >= 4 is 33.1 Å². The van der Waals surface area contributed by atoms with Gasteiger partial charge in [-0.1, -0.05) is 0 Å². The van der Waals surface area contributed by atoms with E-state index >= 15 is 0 Å². The van der Waals surface area contributed by atoms with Crippen LogP contribution in [0.5, 0.6) is 5.75 Å². The molecule has 2 rings (SSSR count). The monoisotopic (exact) mass is 327 g/mol. The molecule has 0 aromatic carbocycles. The average Bonchev–Trinajstić information content (AvgIpc) is 2.64. The van der Waals surface area contributed by atoms with Crippen molar-refractivity contribution in [2.45, 2.75) is 26.9 Å². The highest BCUT2D eigenvalue weighted by Crippen LogP contribution is 2.30. The highest BCUT2D eigenvalue weighted by molar-refractivity contribution is 9.10. The van der Waals surface area contributed by atoms with Crippen molar-refractivity contribution in [3.63, 3.8) is 0 Å². The number of pyridine rings is 1. The summed E-state index contributed by atoms with van der Waals surface area (Å²) >= 11 is 4.99. The molecule has 4 nitrogen and oxygen atoms in total. The summed E-state index contributed by atoms with van der Waals surface area (Å²) in [4.78, 5) is 9.73. The van der Waals surface area contributed by atoms with Gasteiger partial charge in [0.25, 0.3) is 0 Å². The van der Waals surface area contributed by atoms with Crippen LogP contribution in [-0.4, -0.2) is 9.97 Å². The predicted molar refractivity (Wildman–Crippen MR) is 77.0 cm³/mol. The molecule has 0 aliphatic carbocycles. The zero-order valence-corrected chi connectivity index (χ0v) is 12.8. The summed E-state index contributed by atoms with van der Waals surface area (Å²) in [5, 5.41) is 0.948. The molecule has 1 unspecified atom stereocenters. The summed E-state index contributed by atoms with van der Waals surface area (Å²) < 4.78 is 6.65. The van der Waals surface area contributed by atoms with Crippen LogP contribution in [0, 0.1) is 13.8 Å². The molecule has 0 amide bonds. The fourth-order valence-corrected chi connectivity index (χ4v) is 2.65. The van der Waals surface area contributed by atoms with Gasteiger partial charge in [0.1, 0.15) is 11.1 Å². The van der Waals surface area contributed by atoms with Gasteiger partial charge in [-0.25, -0.2) is 9.97 Å². The number of aromatic nitrogens is 2.